The van der Waals surface area contributed by atoms with E-state index in [4.69, 9.17) is 0 Å². The van der Waals surface area contributed by atoms with Gasteiger partial charge in [0.05, 0.1) is 0 Å². The van der Waals surface area contributed by atoms with Gasteiger partial charge < -0.3 is 10.2 Å². The summed E-state index contributed by atoms with van der Waals surface area (Å²) in [7, 11) is 0. The number of rotatable bonds is 3. The van der Waals surface area contributed by atoms with E-state index in [0.29, 0.717) is 5.92 Å². The van der Waals surface area contributed by atoms with Crippen molar-refractivity contribution in [3.05, 3.63) is 35.9 Å². The third kappa shape index (κ3) is 4.57. The molecule has 0 bridgehead atoms. The molecule has 4 nitrogen and oxygen atoms in total. The Morgan fingerprint density at radius 2 is 1.70 bits per heavy atom. The normalized spacial score (nSPS) is 17.7. The van der Waals surface area contributed by atoms with Crippen LogP contribution in [0.1, 0.15) is 52.0 Å². The molecule has 23 heavy (non-hydrogen) atoms. The van der Waals surface area contributed by atoms with E-state index in [2.05, 4.69) is 29.6 Å². The fraction of sp³-hybridized carbons (Fsp3) is 0.579. The molecule has 0 aliphatic carbocycles. The van der Waals surface area contributed by atoms with E-state index < -0.39 is 11.5 Å². The molecular formula is C19H28N2O2. The fourth-order valence-corrected chi connectivity index (χ4v) is 2.91. The molecule has 1 aliphatic heterocycles. The van der Waals surface area contributed by atoms with Crippen molar-refractivity contribution in [2.45, 2.75) is 52.5 Å². The van der Waals surface area contributed by atoms with Crippen LogP contribution in [-0.2, 0) is 9.59 Å². The van der Waals surface area contributed by atoms with E-state index in [1.807, 2.05) is 31.7 Å². The van der Waals surface area contributed by atoms with Gasteiger partial charge in [0.25, 0.3) is 0 Å². The van der Waals surface area contributed by atoms with Gasteiger partial charge in [-0.1, -0.05) is 51.1 Å². The summed E-state index contributed by atoms with van der Waals surface area (Å²) >= 11 is 0. The van der Waals surface area contributed by atoms with Crippen LogP contribution in [0.2, 0.25) is 0 Å². The number of hydrogen-bond donors (Lipinski definition) is 1. The van der Waals surface area contributed by atoms with Crippen LogP contribution in [0.25, 0.3) is 0 Å². The highest BCUT2D eigenvalue weighted by Gasteiger charge is 2.29. The Balaban J connectivity index is 1.87. The maximum absolute atomic E-state index is 12.5. The molecule has 0 aromatic heterocycles. The molecule has 1 aliphatic rings. The largest absolute Gasteiger partial charge is 0.344 e. The standard InChI is InChI=1S/C19H28N2O2/c1-14(20-18(23)19(2,3)4)17(22)21-12-10-16(11-13-21)15-8-6-5-7-9-15/h5-9,14,16H,10-13H2,1-4H3,(H,20,23). The maximum atomic E-state index is 12.5. The molecule has 1 fully saturated rings. The first kappa shape index (κ1) is 17.5. The van der Waals surface area contributed by atoms with E-state index in [9.17, 15) is 9.59 Å². The molecule has 0 radical (unpaired) electrons. The van der Waals surface area contributed by atoms with E-state index in [0.717, 1.165) is 25.9 Å². The Hall–Kier alpha value is -1.84. The Labute approximate surface area is 139 Å². The lowest BCUT2D eigenvalue weighted by Gasteiger charge is -2.34. The van der Waals surface area contributed by atoms with Gasteiger partial charge >= 0.3 is 0 Å². The number of carbonyl (C=O) groups is 2. The summed E-state index contributed by atoms with van der Waals surface area (Å²) in [5.74, 6) is 0.464. The van der Waals surface area contributed by atoms with Crippen LogP contribution in [0, 0.1) is 5.41 Å². The molecule has 1 saturated heterocycles. The molecule has 2 rings (SSSR count). The minimum absolute atomic E-state index is 0.0223. The van der Waals surface area contributed by atoms with Crippen LogP contribution >= 0.6 is 0 Å². The molecule has 0 spiro atoms. The van der Waals surface area contributed by atoms with Crippen LogP contribution < -0.4 is 5.32 Å². The highest BCUT2D eigenvalue weighted by atomic mass is 16.2. The average Bonchev–Trinajstić information content (AvgIpc) is 2.54. The first-order valence-corrected chi connectivity index (χ1v) is 8.43. The van der Waals surface area contributed by atoms with Crippen molar-refractivity contribution >= 4 is 11.8 Å². The lowest BCUT2D eigenvalue weighted by Crippen LogP contribution is -2.51. The number of hydrogen-bond acceptors (Lipinski definition) is 2. The van der Waals surface area contributed by atoms with E-state index in [-0.39, 0.29) is 11.8 Å². The minimum atomic E-state index is -0.477. The van der Waals surface area contributed by atoms with Gasteiger partial charge in [0.15, 0.2) is 0 Å². The number of nitrogens with one attached hydrogen (secondary N) is 1. The third-order valence-corrected chi connectivity index (χ3v) is 4.48. The summed E-state index contributed by atoms with van der Waals surface area (Å²) in [5.41, 5.74) is 0.878. The van der Waals surface area contributed by atoms with Crippen molar-refractivity contribution in [3.8, 4) is 0 Å². The van der Waals surface area contributed by atoms with Crippen molar-refractivity contribution < 1.29 is 9.59 Å². The Bertz CT molecular complexity index is 540. The number of likely N-dealkylation sites (tertiary alicyclic amines) is 1. The summed E-state index contributed by atoms with van der Waals surface area (Å²) in [5, 5.41) is 2.83. The molecule has 1 aromatic carbocycles. The first-order chi connectivity index (χ1) is 10.8. The van der Waals surface area contributed by atoms with Crippen molar-refractivity contribution in [2.24, 2.45) is 5.41 Å². The Morgan fingerprint density at radius 3 is 2.22 bits per heavy atom. The lowest BCUT2D eigenvalue weighted by molar-refractivity contribution is -0.138. The second-order valence-electron chi connectivity index (χ2n) is 7.46. The van der Waals surface area contributed by atoms with Crippen molar-refractivity contribution in [2.75, 3.05) is 13.1 Å². The molecule has 2 amide bonds. The zero-order chi connectivity index (χ0) is 17.0. The molecule has 1 unspecified atom stereocenters. The van der Waals surface area contributed by atoms with Crippen LogP contribution in [0.4, 0.5) is 0 Å². The van der Waals surface area contributed by atoms with Crippen molar-refractivity contribution in [1.29, 1.82) is 0 Å². The van der Waals surface area contributed by atoms with Crippen LogP contribution in [0.15, 0.2) is 30.3 Å². The third-order valence-electron chi connectivity index (χ3n) is 4.48. The zero-order valence-electron chi connectivity index (χ0n) is 14.6. The highest BCUT2D eigenvalue weighted by molar-refractivity contribution is 5.89. The van der Waals surface area contributed by atoms with E-state index >= 15 is 0 Å². The average molecular weight is 316 g/mol. The number of piperidine rings is 1. The fourth-order valence-electron chi connectivity index (χ4n) is 2.91. The second-order valence-corrected chi connectivity index (χ2v) is 7.46. The quantitative estimate of drug-likeness (QED) is 0.932. The lowest BCUT2D eigenvalue weighted by atomic mass is 9.89. The summed E-state index contributed by atoms with van der Waals surface area (Å²) in [4.78, 5) is 26.4. The molecule has 126 valence electrons. The first-order valence-electron chi connectivity index (χ1n) is 8.43. The second kappa shape index (κ2) is 7.16. The van der Waals surface area contributed by atoms with Crippen LogP contribution in [0.3, 0.4) is 0 Å². The van der Waals surface area contributed by atoms with Gasteiger partial charge in [0, 0.05) is 18.5 Å². The van der Waals surface area contributed by atoms with Gasteiger partial charge in [-0.25, -0.2) is 0 Å². The van der Waals surface area contributed by atoms with Gasteiger partial charge in [0.2, 0.25) is 11.8 Å². The van der Waals surface area contributed by atoms with Gasteiger partial charge in [-0.3, -0.25) is 9.59 Å². The predicted molar refractivity (Wildman–Crippen MR) is 92.1 cm³/mol. The Kier molecular flexibility index (Phi) is 5.45. The molecule has 0 saturated carbocycles. The van der Waals surface area contributed by atoms with Gasteiger partial charge in [-0.15, -0.1) is 0 Å². The van der Waals surface area contributed by atoms with E-state index in [1.54, 1.807) is 6.92 Å². The van der Waals surface area contributed by atoms with Gasteiger partial charge in [-0.05, 0) is 31.2 Å². The van der Waals surface area contributed by atoms with Gasteiger partial charge in [0.1, 0.15) is 6.04 Å². The molecule has 4 heteroatoms. The number of nitrogens with zero attached hydrogens (tertiary/aromatic N) is 1. The van der Waals surface area contributed by atoms with Crippen LogP contribution in [-0.4, -0.2) is 35.8 Å². The molecule has 1 N–H and O–H groups in total. The zero-order valence-corrected chi connectivity index (χ0v) is 14.6. The predicted octanol–water partition coefficient (Wildman–Crippen LogP) is 2.94. The highest BCUT2D eigenvalue weighted by Crippen LogP contribution is 2.28. The van der Waals surface area contributed by atoms with Crippen molar-refractivity contribution in [1.82, 2.24) is 10.2 Å². The molecule has 1 aromatic rings. The summed E-state index contributed by atoms with van der Waals surface area (Å²) < 4.78 is 0. The summed E-state index contributed by atoms with van der Waals surface area (Å²) in [6, 6.07) is 10.0. The maximum Gasteiger partial charge on any atom is 0.244 e. The van der Waals surface area contributed by atoms with Gasteiger partial charge in [-0.2, -0.15) is 0 Å². The minimum Gasteiger partial charge on any atom is -0.344 e. The Morgan fingerprint density at radius 1 is 1.13 bits per heavy atom. The van der Waals surface area contributed by atoms with Crippen LogP contribution in [0.5, 0.6) is 0 Å². The number of amides is 2. The molecule has 1 atom stereocenters. The summed E-state index contributed by atoms with van der Waals surface area (Å²) in [6.07, 6.45) is 1.96. The molecular weight excluding hydrogens is 288 g/mol. The number of carbonyl (C=O) groups excluding carboxylic acids is 2. The topological polar surface area (TPSA) is 49.4 Å². The summed E-state index contributed by atoms with van der Waals surface area (Å²) in [6.45, 7) is 8.85. The SMILES string of the molecule is CC(NC(=O)C(C)(C)C)C(=O)N1CCC(c2ccccc2)CC1. The smallest absolute Gasteiger partial charge is 0.244 e. The monoisotopic (exact) mass is 316 g/mol. The van der Waals surface area contributed by atoms with E-state index in [1.165, 1.54) is 5.56 Å². The molecule has 1 heterocycles. The van der Waals surface area contributed by atoms with Crippen molar-refractivity contribution in [3.63, 3.8) is 0 Å². The number of benzene rings is 1.